The van der Waals surface area contributed by atoms with Crippen molar-refractivity contribution in [2.45, 2.75) is 12.8 Å². The van der Waals surface area contributed by atoms with Gasteiger partial charge < -0.3 is 9.73 Å². The van der Waals surface area contributed by atoms with Crippen molar-refractivity contribution in [3.63, 3.8) is 0 Å². The first-order valence-electron chi connectivity index (χ1n) is 5.11. The summed E-state index contributed by atoms with van der Waals surface area (Å²) >= 11 is 0. The van der Waals surface area contributed by atoms with Gasteiger partial charge in [0.15, 0.2) is 0 Å². The number of aryl methyl sites for hydroxylation is 1. The molecule has 0 amide bonds. The summed E-state index contributed by atoms with van der Waals surface area (Å²) in [4.78, 5) is 0. The number of fused-ring (bicyclic) bond motifs is 1. The number of hydrogen-bond acceptors (Lipinski definition) is 2. The van der Waals surface area contributed by atoms with E-state index in [4.69, 9.17) is 4.42 Å². The van der Waals surface area contributed by atoms with Gasteiger partial charge in [-0.3, -0.25) is 0 Å². The van der Waals surface area contributed by atoms with Gasteiger partial charge in [0, 0.05) is 5.39 Å². The van der Waals surface area contributed by atoms with Crippen LogP contribution in [0.2, 0.25) is 0 Å². The molecule has 0 unspecified atom stereocenters. The molecule has 0 atom stereocenters. The minimum atomic E-state index is -0.209. The normalized spacial score (nSPS) is 11.1. The van der Waals surface area contributed by atoms with Gasteiger partial charge in [0.1, 0.15) is 11.4 Å². The monoisotopic (exact) mass is 207 g/mol. The Labute approximate surface area is 88.1 Å². The van der Waals surface area contributed by atoms with Gasteiger partial charge in [-0.2, -0.15) is 0 Å². The molecular formula is C12H14FNO. The van der Waals surface area contributed by atoms with Crippen molar-refractivity contribution in [1.82, 2.24) is 5.32 Å². The third-order valence-corrected chi connectivity index (χ3v) is 2.49. The summed E-state index contributed by atoms with van der Waals surface area (Å²) < 4.78 is 18.4. The molecule has 1 N–H and O–H groups in total. The van der Waals surface area contributed by atoms with E-state index in [9.17, 15) is 4.39 Å². The highest BCUT2D eigenvalue weighted by atomic mass is 19.1. The van der Waals surface area contributed by atoms with Gasteiger partial charge in [-0.1, -0.05) is 0 Å². The SMILES string of the molecule is CNCCCc1coc2ccc(F)cc12. The molecule has 80 valence electrons. The molecule has 0 aliphatic heterocycles. The Morgan fingerprint density at radius 3 is 3.07 bits per heavy atom. The fourth-order valence-electron chi connectivity index (χ4n) is 1.70. The summed E-state index contributed by atoms with van der Waals surface area (Å²) in [7, 11) is 1.92. The lowest BCUT2D eigenvalue weighted by molar-refractivity contribution is 0.603. The number of nitrogens with one attached hydrogen (secondary N) is 1. The van der Waals surface area contributed by atoms with E-state index in [2.05, 4.69) is 5.32 Å². The van der Waals surface area contributed by atoms with Crippen LogP contribution >= 0.6 is 0 Å². The van der Waals surface area contributed by atoms with E-state index in [-0.39, 0.29) is 5.82 Å². The van der Waals surface area contributed by atoms with Crippen LogP contribution in [0.15, 0.2) is 28.9 Å². The fraction of sp³-hybridized carbons (Fsp3) is 0.333. The Kier molecular flexibility index (Phi) is 3.02. The number of halogens is 1. The van der Waals surface area contributed by atoms with Crippen LogP contribution in [0.25, 0.3) is 11.0 Å². The molecule has 0 bridgehead atoms. The molecule has 1 aromatic heterocycles. The van der Waals surface area contributed by atoms with Gasteiger partial charge in [0.25, 0.3) is 0 Å². The quantitative estimate of drug-likeness (QED) is 0.780. The van der Waals surface area contributed by atoms with Gasteiger partial charge in [-0.15, -0.1) is 0 Å². The summed E-state index contributed by atoms with van der Waals surface area (Å²) in [6.07, 6.45) is 3.67. The number of furan rings is 1. The molecule has 2 aromatic rings. The highest BCUT2D eigenvalue weighted by Gasteiger charge is 2.06. The first kappa shape index (κ1) is 10.2. The van der Waals surface area contributed by atoms with Gasteiger partial charge in [0.2, 0.25) is 0 Å². The zero-order valence-corrected chi connectivity index (χ0v) is 8.72. The van der Waals surface area contributed by atoms with E-state index in [1.807, 2.05) is 7.05 Å². The molecule has 0 fully saturated rings. The molecule has 2 nitrogen and oxygen atoms in total. The number of benzene rings is 1. The highest BCUT2D eigenvalue weighted by molar-refractivity contribution is 5.80. The topological polar surface area (TPSA) is 25.2 Å². The second-order valence-corrected chi connectivity index (χ2v) is 3.61. The van der Waals surface area contributed by atoms with Crippen LogP contribution in [-0.4, -0.2) is 13.6 Å². The highest BCUT2D eigenvalue weighted by Crippen LogP contribution is 2.22. The average molecular weight is 207 g/mol. The van der Waals surface area contributed by atoms with Crippen LogP contribution in [0.1, 0.15) is 12.0 Å². The first-order valence-corrected chi connectivity index (χ1v) is 5.11. The van der Waals surface area contributed by atoms with Crippen molar-refractivity contribution in [1.29, 1.82) is 0 Å². The van der Waals surface area contributed by atoms with Gasteiger partial charge in [-0.05, 0) is 50.2 Å². The van der Waals surface area contributed by atoms with Crippen molar-refractivity contribution in [2.24, 2.45) is 0 Å². The molecule has 0 radical (unpaired) electrons. The molecule has 0 aliphatic rings. The largest absolute Gasteiger partial charge is 0.464 e. The Morgan fingerprint density at radius 1 is 1.40 bits per heavy atom. The molecule has 0 spiro atoms. The zero-order valence-electron chi connectivity index (χ0n) is 8.72. The molecular weight excluding hydrogens is 193 g/mol. The number of hydrogen-bond donors (Lipinski definition) is 1. The zero-order chi connectivity index (χ0) is 10.7. The molecule has 0 aliphatic carbocycles. The molecule has 0 saturated heterocycles. The Morgan fingerprint density at radius 2 is 2.27 bits per heavy atom. The Bertz CT molecular complexity index is 450. The summed E-state index contributed by atoms with van der Waals surface area (Å²) in [6, 6.07) is 4.63. The van der Waals surface area contributed by atoms with E-state index >= 15 is 0 Å². The van der Waals surface area contributed by atoms with E-state index in [0.29, 0.717) is 0 Å². The lowest BCUT2D eigenvalue weighted by atomic mass is 10.1. The molecule has 15 heavy (non-hydrogen) atoms. The van der Waals surface area contributed by atoms with Crippen molar-refractivity contribution in [3.05, 3.63) is 35.8 Å². The van der Waals surface area contributed by atoms with Crippen molar-refractivity contribution in [2.75, 3.05) is 13.6 Å². The standard InChI is InChI=1S/C12H14FNO/c1-14-6-2-3-9-8-15-12-5-4-10(13)7-11(9)12/h4-5,7-8,14H,2-3,6H2,1H3. The maximum absolute atomic E-state index is 13.0. The van der Waals surface area contributed by atoms with E-state index in [1.165, 1.54) is 12.1 Å². The van der Waals surface area contributed by atoms with Gasteiger partial charge in [-0.25, -0.2) is 4.39 Å². The fourth-order valence-corrected chi connectivity index (χ4v) is 1.70. The van der Waals surface area contributed by atoms with E-state index in [0.717, 1.165) is 35.9 Å². The third-order valence-electron chi connectivity index (χ3n) is 2.49. The van der Waals surface area contributed by atoms with Gasteiger partial charge >= 0.3 is 0 Å². The maximum atomic E-state index is 13.0. The predicted octanol–water partition coefficient (Wildman–Crippen LogP) is 2.72. The van der Waals surface area contributed by atoms with Crippen molar-refractivity contribution < 1.29 is 8.81 Å². The molecule has 1 heterocycles. The minimum absolute atomic E-state index is 0.209. The Hall–Kier alpha value is -1.35. The molecule has 0 saturated carbocycles. The van der Waals surface area contributed by atoms with E-state index in [1.54, 1.807) is 12.3 Å². The van der Waals surface area contributed by atoms with Gasteiger partial charge in [0.05, 0.1) is 6.26 Å². The summed E-state index contributed by atoms with van der Waals surface area (Å²) in [5, 5.41) is 3.98. The smallest absolute Gasteiger partial charge is 0.134 e. The molecule has 1 aromatic carbocycles. The van der Waals surface area contributed by atoms with Crippen LogP contribution in [0.5, 0.6) is 0 Å². The second-order valence-electron chi connectivity index (χ2n) is 3.61. The average Bonchev–Trinajstić information content (AvgIpc) is 2.62. The Balaban J connectivity index is 2.23. The van der Waals surface area contributed by atoms with Crippen molar-refractivity contribution >= 4 is 11.0 Å². The lowest BCUT2D eigenvalue weighted by Gasteiger charge is -1.98. The molecule has 2 rings (SSSR count). The van der Waals surface area contributed by atoms with Crippen LogP contribution in [0, 0.1) is 5.82 Å². The van der Waals surface area contributed by atoms with Crippen LogP contribution < -0.4 is 5.32 Å². The van der Waals surface area contributed by atoms with Crippen LogP contribution in [0.4, 0.5) is 4.39 Å². The minimum Gasteiger partial charge on any atom is -0.464 e. The van der Waals surface area contributed by atoms with Crippen LogP contribution in [-0.2, 0) is 6.42 Å². The lowest BCUT2D eigenvalue weighted by Crippen LogP contribution is -2.08. The van der Waals surface area contributed by atoms with E-state index < -0.39 is 0 Å². The summed E-state index contributed by atoms with van der Waals surface area (Å²) in [5.74, 6) is -0.209. The number of rotatable bonds is 4. The maximum Gasteiger partial charge on any atom is 0.134 e. The summed E-state index contributed by atoms with van der Waals surface area (Å²) in [6.45, 7) is 0.960. The predicted molar refractivity (Wildman–Crippen MR) is 58.4 cm³/mol. The molecule has 3 heteroatoms. The van der Waals surface area contributed by atoms with Crippen molar-refractivity contribution in [3.8, 4) is 0 Å². The van der Waals surface area contributed by atoms with Crippen LogP contribution in [0.3, 0.4) is 0 Å². The first-order chi connectivity index (χ1) is 7.31. The second kappa shape index (κ2) is 4.45. The third kappa shape index (κ3) is 2.18. The summed E-state index contributed by atoms with van der Waals surface area (Å²) in [5.41, 5.74) is 1.84.